The van der Waals surface area contributed by atoms with E-state index in [-0.39, 0.29) is 0 Å². The molecule has 0 fully saturated rings. The summed E-state index contributed by atoms with van der Waals surface area (Å²) in [7, 11) is 0. The van der Waals surface area contributed by atoms with Crippen molar-refractivity contribution < 1.29 is 0 Å². The molecule has 0 amide bonds. The second kappa shape index (κ2) is 7.06. The summed E-state index contributed by atoms with van der Waals surface area (Å²) in [4.78, 5) is 2.27. The molecule has 0 bridgehead atoms. The van der Waals surface area contributed by atoms with E-state index in [2.05, 4.69) is 95.9 Å². The molecule has 4 rings (SSSR count). The van der Waals surface area contributed by atoms with Crippen molar-refractivity contribution in [1.29, 1.82) is 0 Å². The molecule has 0 aromatic heterocycles. The van der Waals surface area contributed by atoms with E-state index < -0.39 is 0 Å². The maximum atomic E-state index is 3.07. The van der Waals surface area contributed by atoms with E-state index >= 15 is 0 Å². The van der Waals surface area contributed by atoms with Crippen molar-refractivity contribution in [3.05, 3.63) is 115 Å². The second-order valence-corrected chi connectivity index (χ2v) is 5.84. The van der Waals surface area contributed by atoms with Crippen molar-refractivity contribution in [1.82, 2.24) is 0 Å². The predicted molar refractivity (Wildman–Crippen MR) is 105 cm³/mol. The van der Waals surface area contributed by atoms with E-state index in [0.29, 0.717) is 0 Å². The standard InChI is InChI=1S/C24H18N/c1-4-10-20(11-5-1)21-16-18-24(19-17-21)25(22-12-6-2-7-13-22)23-14-8-3-9-15-23/h2-19H. The highest BCUT2D eigenvalue weighted by Crippen LogP contribution is 2.35. The van der Waals surface area contributed by atoms with Gasteiger partial charge in [0.25, 0.3) is 0 Å². The number of anilines is 3. The summed E-state index contributed by atoms with van der Waals surface area (Å²) in [5.41, 5.74) is 5.85. The predicted octanol–water partition coefficient (Wildman–Crippen LogP) is 6.62. The minimum absolute atomic E-state index is 1.14. The molecule has 0 saturated heterocycles. The largest absolute Gasteiger partial charge is 0.311 e. The van der Waals surface area contributed by atoms with Crippen LogP contribution in [0.3, 0.4) is 0 Å². The average Bonchev–Trinajstić information content (AvgIpc) is 2.71. The third kappa shape index (κ3) is 3.31. The molecule has 1 heteroatoms. The highest BCUT2D eigenvalue weighted by atomic mass is 15.1. The lowest BCUT2D eigenvalue weighted by Gasteiger charge is -2.25. The molecular weight excluding hydrogens is 302 g/mol. The molecule has 4 aromatic carbocycles. The molecule has 0 unspecified atom stereocenters. The second-order valence-electron chi connectivity index (χ2n) is 5.84. The Labute approximate surface area is 148 Å². The molecule has 0 aliphatic carbocycles. The molecule has 0 aliphatic rings. The van der Waals surface area contributed by atoms with Crippen molar-refractivity contribution in [2.75, 3.05) is 4.90 Å². The van der Waals surface area contributed by atoms with Crippen LogP contribution in [0.5, 0.6) is 0 Å². The summed E-state index contributed by atoms with van der Waals surface area (Å²) in [6, 6.07) is 40.7. The molecule has 1 nitrogen and oxygen atoms in total. The first-order chi connectivity index (χ1) is 12.4. The van der Waals surface area contributed by atoms with E-state index in [4.69, 9.17) is 0 Å². The lowest BCUT2D eigenvalue weighted by Crippen LogP contribution is -2.09. The van der Waals surface area contributed by atoms with Crippen molar-refractivity contribution in [3.8, 4) is 11.1 Å². The van der Waals surface area contributed by atoms with Gasteiger partial charge in [-0.2, -0.15) is 0 Å². The Bertz CT molecular complexity index is 874. The average molecular weight is 320 g/mol. The zero-order chi connectivity index (χ0) is 16.9. The van der Waals surface area contributed by atoms with Crippen LogP contribution < -0.4 is 4.90 Å². The van der Waals surface area contributed by atoms with Crippen LogP contribution in [0.15, 0.2) is 109 Å². The molecular formula is C24H18N. The number of hydrogen-bond donors (Lipinski definition) is 0. The molecule has 0 N–H and O–H groups in total. The fourth-order valence-corrected chi connectivity index (χ4v) is 2.98. The quantitative estimate of drug-likeness (QED) is 0.408. The van der Waals surface area contributed by atoms with Crippen molar-refractivity contribution in [2.24, 2.45) is 0 Å². The normalized spacial score (nSPS) is 10.4. The van der Waals surface area contributed by atoms with Gasteiger partial charge in [-0.1, -0.05) is 72.8 Å². The van der Waals surface area contributed by atoms with Crippen LogP contribution in [0.2, 0.25) is 0 Å². The summed E-state index contributed by atoms with van der Waals surface area (Å²) in [5.74, 6) is 0. The summed E-state index contributed by atoms with van der Waals surface area (Å²) >= 11 is 0. The van der Waals surface area contributed by atoms with Crippen molar-refractivity contribution >= 4 is 17.1 Å². The number of hydrogen-bond acceptors (Lipinski definition) is 1. The SMILES string of the molecule is [c]1ccc(-c2ccc(N(c3ccccc3)c3ccccc3)cc2)cc1. The molecule has 0 aliphatic heterocycles. The van der Waals surface area contributed by atoms with Crippen LogP contribution in [0.4, 0.5) is 17.1 Å². The topological polar surface area (TPSA) is 3.24 Å². The first kappa shape index (κ1) is 15.2. The number of benzene rings is 4. The molecule has 0 saturated carbocycles. The Hall–Kier alpha value is -3.32. The summed E-state index contributed by atoms with van der Waals surface area (Å²) in [6.07, 6.45) is 0. The van der Waals surface area contributed by atoms with Crippen molar-refractivity contribution in [3.63, 3.8) is 0 Å². The Morgan fingerprint density at radius 3 is 1.40 bits per heavy atom. The summed E-state index contributed by atoms with van der Waals surface area (Å²) in [6.45, 7) is 0. The van der Waals surface area contributed by atoms with Gasteiger partial charge in [-0.15, -0.1) is 0 Å². The molecule has 25 heavy (non-hydrogen) atoms. The van der Waals surface area contributed by atoms with E-state index in [9.17, 15) is 0 Å². The number of nitrogens with zero attached hydrogens (tertiary/aromatic N) is 1. The van der Waals surface area contributed by atoms with Gasteiger partial charge < -0.3 is 4.90 Å². The van der Waals surface area contributed by atoms with Crippen LogP contribution >= 0.6 is 0 Å². The van der Waals surface area contributed by atoms with Gasteiger partial charge >= 0.3 is 0 Å². The van der Waals surface area contributed by atoms with E-state index in [1.165, 1.54) is 11.1 Å². The fraction of sp³-hybridized carbons (Fsp3) is 0. The fourth-order valence-electron chi connectivity index (χ4n) is 2.98. The van der Waals surface area contributed by atoms with Crippen LogP contribution in [-0.2, 0) is 0 Å². The third-order valence-electron chi connectivity index (χ3n) is 4.21. The Balaban J connectivity index is 1.75. The first-order valence-electron chi connectivity index (χ1n) is 8.38. The summed E-state index contributed by atoms with van der Waals surface area (Å²) < 4.78 is 0. The van der Waals surface area contributed by atoms with Crippen LogP contribution in [-0.4, -0.2) is 0 Å². The number of para-hydroxylation sites is 2. The van der Waals surface area contributed by atoms with E-state index in [1.807, 2.05) is 24.3 Å². The summed E-state index contributed by atoms with van der Waals surface area (Å²) in [5, 5.41) is 0. The van der Waals surface area contributed by atoms with Gasteiger partial charge in [-0.25, -0.2) is 0 Å². The van der Waals surface area contributed by atoms with Crippen molar-refractivity contribution in [2.45, 2.75) is 0 Å². The van der Waals surface area contributed by atoms with Gasteiger partial charge in [-0.3, -0.25) is 0 Å². The molecule has 0 spiro atoms. The van der Waals surface area contributed by atoms with E-state index in [0.717, 1.165) is 17.1 Å². The Morgan fingerprint density at radius 2 is 0.880 bits per heavy atom. The van der Waals surface area contributed by atoms with E-state index in [1.54, 1.807) is 0 Å². The minimum atomic E-state index is 1.14. The maximum Gasteiger partial charge on any atom is 0.0462 e. The molecule has 1 radical (unpaired) electrons. The highest BCUT2D eigenvalue weighted by molar-refractivity contribution is 5.78. The zero-order valence-corrected chi connectivity index (χ0v) is 13.8. The Morgan fingerprint density at radius 1 is 0.440 bits per heavy atom. The minimum Gasteiger partial charge on any atom is -0.311 e. The number of rotatable bonds is 4. The lowest BCUT2D eigenvalue weighted by atomic mass is 10.0. The van der Waals surface area contributed by atoms with Gasteiger partial charge in [0.1, 0.15) is 0 Å². The van der Waals surface area contributed by atoms with Crippen LogP contribution in [0.1, 0.15) is 0 Å². The zero-order valence-electron chi connectivity index (χ0n) is 13.8. The lowest BCUT2D eigenvalue weighted by molar-refractivity contribution is 1.28. The third-order valence-corrected chi connectivity index (χ3v) is 4.21. The van der Waals surface area contributed by atoms with Gasteiger partial charge in [0, 0.05) is 17.1 Å². The molecule has 119 valence electrons. The molecule has 0 heterocycles. The first-order valence-corrected chi connectivity index (χ1v) is 8.38. The van der Waals surface area contributed by atoms with Gasteiger partial charge in [0.15, 0.2) is 0 Å². The van der Waals surface area contributed by atoms with Gasteiger partial charge in [0.05, 0.1) is 0 Å². The molecule has 0 atom stereocenters. The van der Waals surface area contributed by atoms with Crippen LogP contribution in [0.25, 0.3) is 11.1 Å². The smallest absolute Gasteiger partial charge is 0.0462 e. The van der Waals surface area contributed by atoms with Crippen LogP contribution in [0, 0.1) is 6.07 Å². The molecule has 4 aromatic rings. The van der Waals surface area contributed by atoms with Gasteiger partial charge in [0.2, 0.25) is 0 Å². The monoisotopic (exact) mass is 320 g/mol. The highest BCUT2D eigenvalue weighted by Gasteiger charge is 2.11. The van der Waals surface area contributed by atoms with Gasteiger partial charge in [-0.05, 0) is 53.6 Å². The Kier molecular flexibility index (Phi) is 4.30. The maximum absolute atomic E-state index is 3.07.